The zero-order chi connectivity index (χ0) is 18.8. The lowest BCUT2D eigenvalue weighted by atomic mass is 10.1. The van der Waals surface area contributed by atoms with E-state index in [4.69, 9.17) is 0 Å². The Hall–Kier alpha value is -2.56. The molecule has 0 atom stereocenters. The van der Waals surface area contributed by atoms with Crippen LogP contribution in [-0.4, -0.2) is 52.4 Å². The summed E-state index contributed by atoms with van der Waals surface area (Å²) in [6, 6.07) is 9.75. The molecule has 0 saturated carbocycles. The van der Waals surface area contributed by atoms with Crippen molar-refractivity contribution in [1.82, 2.24) is 14.4 Å². The van der Waals surface area contributed by atoms with Crippen LogP contribution in [0.25, 0.3) is 0 Å². The summed E-state index contributed by atoms with van der Waals surface area (Å²) in [6.07, 6.45) is 0.430. The summed E-state index contributed by atoms with van der Waals surface area (Å²) in [7, 11) is 2.02. The van der Waals surface area contributed by atoms with Crippen LogP contribution in [-0.2, 0) is 18.3 Å². The fourth-order valence-corrected chi connectivity index (χ4v) is 3.53. The zero-order valence-electron chi connectivity index (χ0n) is 16.1. The Bertz CT molecular complexity index is 830. The molecule has 26 heavy (non-hydrogen) atoms. The van der Waals surface area contributed by atoms with Gasteiger partial charge in [-0.25, -0.2) is 0 Å². The molecule has 2 aromatic rings. The van der Waals surface area contributed by atoms with Gasteiger partial charge in [0.25, 0.3) is 5.91 Å². The molecule has 0 spiro atoms. The van der Waals surface area contributed by atoms with Crippen molar-refractivity contribution >= 4 is 11.8 Å². The van der Waals surface area contributed by atoms with Crippen molar-refractivity contribution in [2.45, 2.75) is 27.2 Å². The Labute approximate surface area is 155 Å². The van der Waals surface area contributed by atoms with Gasteiger partial charge >= 0.3 is 0 Å². The topological polar surface area (TPSA) is 45.6 Å². The molecule has 5 heteroatoms. The Morgan fingerprint density at radius 1 is 0.962 bits per heavy atom. The monoisotopic (exact) mass is 353 g/mol. The van der Waals surface area contributed by atoms with Crippen LogP contribution in [0.4, 0.5) is 0 Å². The van der Waals surface area contributed by atoms with Crippen LogP contribution in [0.3, 0.4) is 0 Å². The Balaban J connectivity index is 1.59. The van der Waals surface area contributed by atoms with Gasteiger partial charge in [-0.05, 0) is 44.0 Å². The van der Waals surface area contributed by atoms with Crippen LogP contribution in [0, 0.1) is 20.8 Å². The Morgan fingerprint density at radius 2 is 1.58 bits per heavy atom. The highest BCUT2D eigenvalue weighted by Crippen LogP contribution is 2.17. The van der Waals surface area contributed by atoms with Gasteiger partial charge in [0.2, 0.25) is 5.91 Å². The summed E-state index contributed by atoms with van der Waals surface area (Å²) in [5, 5.41) is 0. The highest BCUT2D eigenvalue weighted by molar-refractivity contribution is 5.95. The molecule has 5 nitrogen and oxygen atoms in total. The summed E-state index contributed by atoms with van der Waals surface area (Å²) < 4.78 is 2.11. The number of aromatic nitrogens is 1. The molecule has 0 bridgehead atoms. The second-order valence-electron chi connectivity index (χ2n) is 7.12. The lowest BCUT2D eigenvalue weighted by Gasteiger charge is -2.35. The van der Waals surface area contributed by atoms with Crippen molar-refractivity contribution < 1.29 is 9.59 Å². The molecule has 0 N–H and O–H groups in total. The number of aryl methyl sites for hydroxylation is 2. The van der Waals surface area contributed by atoms with Gasteiger partial charge in [-0.2, -0.15) is 0 Å². The van der Waals surface area contributed by atoms with E-state index < -0.39 is 0 Å². The largest absolute Gasteiger partial charge is 0.352 e. The number of nitrogens with zero attached hydrogens (tertiary/aromatic N) is 3. The van der Waals surface area contributed by atoms with E-state index in [9.17, 15) is 9.59 Å². The molecule has 1 saturated heterocycles. The van der Waals surface area contributed by atoms with E-state index in [1.54, 1.807) is 0 Å². The van der Waals surface area contributed by atoms with E-state index in [1.807, 2.05) is 48.0 Å². The minimum Gasteiger partial charge on any atom is -0.352 e. The normalized spacial score (nSPS) is 14.6. The highest BCUT2D eigenvalue weighted by Gasteiger charge is 2.26. The predicted molar refractivity (Wildman–Crippen MR) is 102 cm³/mol. The third-order valence-electron chi connectivity index (χ3n) is 5.52. The van der Waals surface area contributed by atoms with Crippen LogP contribution < -0.4 is 0 Å². The molecule has 1 aromatic heterocycles. The quantitative estimate of drug-likeness (QED) is 0.851. The van der Waals surface area contributed by atoms with Crippen molar-refractivity contribution in [3.63, 3.8) is 0 Å². The van der Waals surface area contributed by atoms with Gasteiger partial charge in [0.05, 0.1) is 6.42 Å². The van der Waals surface area contributed by atoms with Crippen LogP contribution in [0.2, 0.25) is 0 Å². The second kappa shape index (κ2) is 7.36. The predicted octanol–water partition coefficient (Wildman–Crippen LogP) is 2.48. The lowest BCUT2D eigenvalue weighted by molar-refractivity contribution is -0.131. The third kappa shape index (κ3) is 3.52. The molecule has 0 radical (unpaired) electrons. The molecule has 2 amide bonds. The van der Waals surface area contributed by atoms with Crippen LogP contribution >= 0.6 is 0 Å². The van der Waals surface area contributed by atoms with E-state index in [0.717, 1.165) is 22.4 Å². The Morgan fingerprint density at radius 3 is 2.15 bits per heavy atom. The molecule has 138 valence electrons. The van der Waals surface area contributed by atoms with E-state index >= 15 is 0 Å². The van der Waals surface area contributed by atoms with Crippen LogP contribution in [0.5, 0.6) is 0 Å². The number of benzene rings is 1. The fourth-order valence-electron chi connectivity index (χ4n) is 3.53. The van der Waals surface area contributed by atoms with Gasteiger partial charge in [0, 0.05) is 50.2 Å². The van der Waals surface area contributed by atoms with E-state index in [1.165, 1.54) is 5.69 Å². The number of carbonyl (C=O) groups is 2. The molecule has 0 unspecified atom stereocenters. The highest BCUT2D eigenvalue weighted by atomic mass is 16.2. The SMILES string of the molecule is Cc1ccccc1C(=O)N1CCN(C(=O)Cc2cc(C)n(C)c2C)CC1. The zero-order valence-corrected chi connectivity index (χ0v) is 16.1. The van der Waals surface area contributed by atoms with E-state index in [0.29, 0.717) is 32.6 Å². The minimum atomic E-state index is 0.0599. The summed E-state index contributed by atoms with van der Waals surface area (Å²) in [6.45, 7) is 8.43. The lowest BCUT2D eigenvalue weighted by Crippen LogP contribution is -2.51. The van der Waals surface area contributed by atoms with Crippen LogP contribution in [0.15, 0.2) is 30.3 Å². The maximum Gasteiger partial charge on any atom is 0.254 e. The van der Waals surface area contributed by atoms with Crippen molar-refractivity contribution in [3.8, 4) is 0 Å². The van der Waals surface area contributed by atoms with Gasteiger partial charge in [0.1, 0.15) is 0 Å². The van der Waals surface area contributed by atoms with E-state index in [2.05, 4.69) is 24.5 Å². The van der Waals surface area contributed by atoms with Gasteiger partial charge in [-0.1, -0.05) is 18.2 Å². The first-order valence-corrected chi connectivity index (χ1v) is 9.13. The molecular weight excluding hydrogens is 326 g/mol. The second-order valence-corrected chi connectivity index (χ2v) is 7.12. The number of hydrogen-bond acceptors (Lipinski definition) is 2. The number of hydrogen-bond donors (Lipinski definition) is 0. The summed E-state index contributed by atoms with van der Waals surface area (Å²) in [5.74, 6) is 0.200. The number of piperazine rings is 1. The summed E-state index contributed by atoms with van der Waals surface area (Å²) in [4.78, 5) is 29.1. The first kappa shape index (κ1) is 18.2. The smallest absolute Gasteiger partial charge is 0.254 e. The molecular formula is C21H27N3O2. The van der Waals surface area contributed by atoms with Crippen molar-refractivity contribution in [2.24, 2.45) is 7.05 Å². The van der Waals surface area contributed by atoms with Crippen molar-refractivity contribution in [3.05, 3.63) is 58.4 Å². The molecule has 3 rings (SSSR count). The van der Waals surface area contributed by atoms with Crippen molar-refractivity contribution in [1.29, 1.82) is 0 Å². The van der Waals surface area contributed by atoms with Gasteiger partial charge in [0.15, 0.2) is 0 Å². The third-order valence-corrected chi connectivity index (χ3v) is 5.52. The maximum atomic E-state index is 12.7. The minimum absolute atomic E-state index is 0.0599. The number of rotatable bonds is 3. The molecule has 1 aliphatic rings. The fraction of sp³-hybridized carbons (Fsp3) is 0.429. The van der Waals surface area contributed by atoms with Gasteiger partial charge in [-0.3, -0.25) is 9.59 Å². The first-order chi connectivity index (χ1) is 12.4. The maximum absolute atomic E-state index is 12.7. The average molecular weight is 353 g/mol. The van der Waals surface area contributed by atoms with Crippen molar-refractivity contribution in [2.75, 3.05) is 26.2 Å². The van der Waals surface area contributed by atoms with Gasteiger partial charge < -0.3 is 14.4 Å². The average Bonchev–Trinajstić information content (AvgIpc) is 2.88. The molecule has 1 fully saturated rings. The molecule has 1 aliphatic heterocycles. The molecule has 2 heterocycles. The summed E-state index contributed by atoms with van der Waals surface area (Å²) >= 11 is 0. The molecule has 1 aromatic carbocycles. The van der Waals surface area contributed by atoms with Gasteiger partial charge in [-0.15, -0.1) is 0 Å². The standard InChI is InChI=1S/C21H27N3O2/c1-15-7-5-6-8-19(15)21(26)24-11-9-23(10-12-24)20(25)14-18-13-16(2)22(4)17(18)3/h5-8,13H,9-12,14H2,1-4H3. The van der Waals surface area contributed by atoms with Crippen LogP contribution in [0.1, 0.15) is 32.9 Å². The number of carbonyl (C=O) groups excluding carboxylic acids is 2. The molecule has 0 aliphatic carbocycles. The first-order valence-electron chi connectivity index (χ1n) is 9.13. The Kier molecular flexibility index (Phi) is 5.16. The van der Waals surface area contributed by atoms with E-state index in [-0.39, 0.29) is 11.8 Å². The summed E-state index contributed by atoms with van der Waals surface area (Å²) in [5.41, 5.74) is 5.14. The number of amides is 2.